The van der Waals surface area contributed by atoms with E-state index in [1.165, 1.54) is 135 Å². The van der Waals surface area contributed by atoms with Crippen molar-refractivity contribution >= 4 is 52.2 Å². The molecule has 0 saturated heterocycles. The molecule has 0 aromatic heterocycles. The molecule has 0 saturated carbocycles. The van der Waals surface area contributed by atoms with Gasteiger partial charge >= 0.3 is 299 Å². The first-order valence-electron chi connectivity index (χ1n) is 10.6. The van der Waals surface area contributed by atoms with E-state index >= 15 is 0 Å². The molecule has 0 N–H and O–H groups in total. The van der Waals surface area contributed by atoms with E-state index in [1.807, 2.05) is 0 Å². The Labute approximate surface area is 296 Å². The fraction of sp³-hybridized carbons (Fsp3) is 0.143. The summed E-state index contributed by atoms with van der Waals surface area (Å²) in [6, 6.07) is 12.9. The fourth-order valence-electron chi connectivity index (χ4n) is 1.79. The van der Waals surface area contributed by atoms with Gasteiger partial charge in [0.2, 0.25) is 0 Å². The molecule has 0 heterocycles. The van der Waals surface area contributed by atoms with E-state index in [9.17, 15) is 0 Å². The Morgan fingerprint density at radius 3 is 0.644 bits per heavy atom. The topological polar surface area (TPSA) is 285 Å². The van der Waals surface area contributed by atoms with Crippen molar-refractivity contribution < 1.29 is 37.2 Å². The predicted octanol–water partition coefficient (Wildman–Crippen LogP) is 2.39. The maximum atomic E-state index is 8.10. The van der Waals surface area contributed by atoms with E-state index in [-0.39, 0.29) is 0 Å². The van der Waals surface area contributed by atoms with Gasteiger partial charge in [0.15, 0.2) is 0 Å². The van der Waals surface area contributed by atoms with Gasteiger partial charge in [-0.1, -0.05) is 0 Å². The van der Waals surface area contributed by atoms with Crippen molar-refractivity contribution in [2.45, 2.75) is 27.7 Å². The Kier molecular flexibility index (Phi) is 23.7. The molecule has 2 aromatic rings. The van der Waals surface area contributed by atoms with Crippen LogP contribution in [-0.2, 0) is 37.2 Å². The van der Waals surface area contributed by atoms with Gasteiger partial charge in [0.05, 0.1) is 0 Å². The van der Waals surface area contributed by atoms with Crippen molar-refractivity contribution in [1.82, 2.24) is 0 Å². The SMILES string of the molecule is Cc1ccc[c]([Sn+3])c1C.Cc1ccc[c]([Sn+3])c1C.N#[C][Ni-2]([C]#N)([C]#N)[C]#N.N#[C][Ni-2]([C]#N)([C]#N)[C]#N.N#[C][Ni-2]([C]#N)([C]#N)[C]#N. The number of hydrogen-bond acceptors (Lipinski definition) is 12. The molecule has 0 aliphatic rings. The molecule has 2 aromatic carbocycles. The zero-order valence-electron chi connectivity index (χ0n) is 23.8. The van der Waals surface area contributed by atoms with Crippen LogP contribution in [0.5, 0.6) is 0 Å². The summed E-state index contributed by atoms with van der Waals surface area (Å²) in [6.45, 7) is 8.67. The third-order valence-corrected chi connectivity index (χ3v) is 11.5. The van der Waals surface area contributed by atoms with Gasteiger partial charge in [-0.2, -0.15) is 0 Å². The predicted molar refractivity (Wildman–Crippen MR) is 150 cm³/mol. The Bertz CT molecular complexity index is 1480. The summed E-state index contributed by atoms with van der Waals surface area (Å²) in [7, 11) is 0. The quantitative estimate of drug-likeness (QED) is 0.344. The van der Waals surface area contributed by atoms with Crippen molar-refractivity contribution in [3.8, 4) is 60.5 Å². The maximum absolute atomic E-state index is 8.10. The summed E-state index contributed by atoms with van der Waals surface area (Å²) in [5, 5.41) is 114. The van der Waals surface area contributed by atoms with E-state index in [2.05, 4.69) is 64.1 Å². The van der Waals surface area contributed by atoms with Crippen molar-refractivity contribution in [3.63, 3.8) is 0 Å². The second-order valence-corrected chi connectivity index (χ2v) is 16.9. The number of aryl methyl sites for hydroxylation is 2. The van der Waals surface area contributed by atoms with Crippen LogP contribution in [0.4, 0.5) is 0 Å². The number of benzene rings is 2. The zero-order valence-corrected chi connectivity index (χ0v) is 32.5. The summed E-state index contributed by atoms with van der Waals surface area (Å²) in [5.41, 5.74) is 5.72. The molecule has 0 aliphatic carbocycles. The van der Waals surface area contributed by atoms with Gasteiger partial charge in [0.1, 0.15) is 0 Å². The molecule has 12 nitrogen and oxygen atoms in total. The van der Waals surface area contributed by atoms with Crippen LogP contribution in [0.3, 0.4) is 0 Å². The Balaban J connectivity index is -0.000000490. The summed E-state index contributed by atoms with van der Waals surface area (Å²) >= 11 is -6.05. The van der Waals surface area contributed by atoms with Crippen LogP contribution < -0.4 is 7.16 Å². The van der Waals surface area contributed by atoms with Crippen LogP contribution in [0.1, 0.15) is 22.3 Å². The van der Waals surface area contributed by atoms with Gasteiger partial charge < -0.3 is 0 Å². The molecule has 228 valence electrons. The Hall–Kier alpha value is -4.60. The van der Waals surface area contributed by atoms with Gasteiger partial charge in [-0.05, 0) is 0 Å². The molecule has 17 heteroatoms. The molecule has 0 radical (unpaired) electrons. The normalized spacial score (nSPS) is 9.51. The summed E-state index contributed by atoms with van der Waals surface area (Å²) in [4.78, 5) is 0. The Morgan fingerprint density at radius 1 is 0.378 bits per heavy atom. The van der Waals surface area contributed by atoms with Gasteiger partial charge in [-0.25, -0.2) is 0 Å². The molecule has 0 aliphatic heterocycles. The summed E-state index contributed by atoms with van der Waals surface area (Å²) in [6.07, 6.45) is 0. The summed E-state index contributed by atoms with van der Waals surface area (Å²) in [5.74, 6) is 0. The second kappa shape index (κ2) is 23.8. The van der Waals surface area contributed by atoms with Crippen molar-refractivity contribution in [2.24, 2.45) is 0 Å². The van der Waals surface area contributed by atoms with Crippen molar-refractivity contribution in [2.75, 3.05) is 0 Å². The van der Waals surface area contributed by atoms with Gasteiger partial charge in [0.25, 0.3) is 0 Å². The standard InChI is InChI=1S/2C8H9.12CN.3Ni.2Sn/c2*1-7-5-3-4-6-8(7)2;12*1-2;;;;;/h2*3-5H,1-2H3;;;;;;;;;;;;;;;;;/q;;;;;;;;;;;;;;3*-2;2*+3. The van der Waals surface area contributed by atoms with Crippen LogP contribution in [0.25, 0.3) is 0 Å². The zero-order chi connectivity index (χ0) is 35.7. The van der Waals surface area contributed by atoms with E-state index < -0.39 is 37.2 Å². The molecular weight excluding hydrogens is 918 g/mol. The first-order chi connectivity index (χ1) is 21.2. The molecule has 2 rings (SSSR count). The van der Waals surface area contributed by atoms with Crippen LogP contribution in [-0.4, -0.2) is 45.0 Å². The number of nitrogens with zero attached hydrogens (tertiary/aromatic N) is 12. The van der Waals surface area contributed by atoms with E-state index in [0.29, 0.717) is 0 Å². The van der Waals surface area contributed by atoms with E-state index in [0.717, 1.165) is 0 Å². The first-order valence-corrected chi connectivity index (χ1v) is 19.3. The van der Waals surface area contributed by atoms with Gasteiger partial charge in [0, 0.05) is 0 Å². The molecule has 0 bridgehead atoms. The minimum atomic E-state index is -3.03. The van der Waals surface area contributed by atoms with Crippen molar-refractivity contribution in [3.05, 3.63) is 58.7 Å². The van der Waals surface area contributed by atoms with Crippen LogP contribution in [0, 0.1) is 151 Å². The molecule has 0 amide bonds. The average molecular weight is 936 g/mol. The monoisotopic (exact) mass is 936 g/mol. The molecule has 45 heavy (non-hydrogen) atoms. The van der Waals surface area contributed by atoms with Gasteiger partial charge in [-0.3, -0.25) is 0 Å². The molecular formula is C28H18N12Ni3Sn2. The average Bonchev–Trinajstić information content (AvgIpc) is 3.08. The van der Waals surface area contributed by atoms with Crippen LogP contribution >= 0.6 is 0 Å². The molecule has 0 unspecified atom stereocenters. The van der Waals surface area contributed by atoms with E-state index in [4.69, 9.17) is 63.1 Å². The molecule has 0 fully saturated rings. The summed E-state index contributed by atoms with van der Waals surface area (Å²) < 4.78 is 2.95. The Morgan fingerprint density at radius 2 is 0.556 bits per heavy atom. The third kappa shape index (κ3) is 15.6. The third-order valence-electron chi connectivity index (χ3n) is 4.48. The van der Waals surface area contributed by atoms with E-state index in [1.54, 1.807) is 0 Å². The van der Waals surface area contributed by atoms with Gasteiger partial charge in [-0.15, -0.1) is 0 Å². The van der Waals surface area contributed by atoms with Crippen LogP contribution in [0.15, 0.2) is 36.4 Å². The minimum absolute atomic E-state index is 1.38. The van der Waals surface area contributed by atoms with Crippen LogP contribution in [0.2, 0.25) is 0 Å². The van der Waals surface area contributed by atoms with Crippen molar-refractivity contribution in [1.29, 1.82) is 63.1 Å². The number of rotatable bonds is 0. The second-order valence-electron chi connectivity index (χ2n) is 6.77. The first kappa shape index (κ1) is 44.8. The molecule has 0 atom stereocenters. The molecule has 0 spiro atoms. The number of hydrogen-bond donors (Lipinski definition) is 0. The fourth-order valence-corrected chi connectivity index (χ4v) is 4.35. The number of nitriles is 12.